The van der Waals surface area contributed by atoms with Crippen LogP contribution in [0.15, 0.2) is 48.5 Å². The lowest BCUT2D eigenvalue weighted by molar-refractivity contribution is 0.305. The zero-order valence-electron chi connectivity index (χ0n) is 15.3. The molecule has 2 aromatic rings. The zero-order chi connectivity index (χ0) is 17.3. The van der Waals surface area contributed by atoms with Gasteiger partial charge in [-0.25, -0.2) is 0 Å². The van der Waals surface area contributed by atoms with Gasteiger partial charge in [-0.3, -0.25) is 0 Å². The third kappa shape index (κ3) is 7.19. The van der Waals surface area contributed by atoms with E-state index in [4.69, 9.17) is 16.3 Å². The minimum absolute atomic E-state index is 0. The highest BCUT2D eigenvalue weighted by Crippen LogP contribution is 2.19. The molecule has 0 amide bonds. The van der Waals surface area contributed by atoms with Gasteiger partial charge in [-0.15, -0.1) is 12.4 Å². The minimum atomic E-state index is 0. The van der Waals surface area contributed by atoms with Gasteiger partial charge in [-0.1, -0.05) is 68.0 Å². The molecule has 4 heteroatoms. The Balaban J connectivity index is 0.00000243. The average Bonchev–Trinajstić information content (AvgIpc) is 2.61. The van der Waals surface area contributed by atoms with Gasteiger partial charge in [-0.2, -0.15) is 0 Å². The van der Waals surface area contributed by atoms with Crippen molar-refractivity contribution >= 4 is 24.0 Å². The molecule has 0 aliphatic heterocycles. The van der Waals surface area contributed by atoms with Crippen LogP contribution in [0, 0.1) is 0 Å². The summed E-state index contributed by atoms with van der Waals surface area (Å²) in [5, 5.41) is 4.50. The summed E-state index contributed by atoms with van der Waals surface area (Å²) in [7, 11) is 0. The lowest BCUT2D eigenvalue weighted by Gasteiger charge is -2.21. The Morgan fingerprint density at radius 3 is 2.31 bits per heavy atom. The van der Waals surface area contributed by atoms with Gasteiger partial charge in [0.2, 0.25) is 0 Å². The maximum Gasteiger partial charge on any atom is 0.120 e. The van der Waals surface area contributed by atoms with E-state index in [1.807, 2.05) is 30.3 Å². The highest BCUT2D eigenvalue weighted by atomic mass is 35.5. The largest absolute Gasteiger partial charge is 0.489 e. The molecule has 1 N–H and O–H groups in total. The van der Waals surface area contributed by atoms with Gasteiger partial charge in [0, 0.05) is 17.6 Å². The van der Waals surface area contributed by atoms with Crippen LogP contribution >= 0.6 is 24.0 Å². The molecule has 1 fully saturated rings. The van der Waals surface area contributed by atoms with Crippen LogP contribution in [0.2, 0.25) is 5.02 Å². The smallest absolute Gasteiger partial charge is 0.120 e. The molecule has 0 unspecified atom stereocenters. The summed E-state index contributed by atoms with van der Waals surface area (Å²) < 4.78 is 5.93. The summed E-state index contributed by atoms with van der Waals surface area (Å²) >= 11 is 5.92. The first-order valence-corrected chi connectivity index (χ1v) is 9.87. The Morgan fingerprint density at radius 1 is 0.885 bits per heavy atom. The lowest BCUT2D eigenvalue weighted by Crippen LogP contribution is -2.29. The van der Waals surface area contributed by atoms with Crippen molar-refractivity contribution in [2.45, 2.75) is 64.1 Å². The molecule has 0 aromatic heterocycles. The SMILES string of the molecule is Cl.Clc1ccc(COc2cccc(CNC3CCCCCCC3)c2)cc1. The van der Waals surface area contributed by atoms with Crippen molar-refractivity contribution < 1.29 is 4.74 Å². The molecular formula is C22H29Cl2NO. The van der Waals surface area contributed by atoms with Crippen molar-refractivity contribution in [1.82, 2.24) is 5.32 Å². The molecule has 0 bridgehead atoms. The summed E-state index contributed by atoms with van der Waals surface area (Å²) in [6.07, 6.45) is 9.56. The number of rotatable bonds is 6. The Hall–Kier alpha value is -1.22. The van der Waals surface area contributed by atoms with E-state index in [-0.39, 0.29) is 12.4 Å². The Morgan fingerprint density at radius 2 is 1.58 bits per heavy atom. The average molecular weight is 394 g/mol. The number of hydrogen-bond acceptors (Lipinski definition) is 2. The first-order valence-electron chi connectivity index (χ1n) is 9.49. The number of hydrogen-bond donors (Lipinski definition) is 1. The number of nitrogens with one attached hydrogen (secondary N) is 1. The zero-order valence-corrected chi connectivity index (χ0v) is 16.8. The molecule has 1 saturated carbocycles. The molecule has 3 rings (SSSR count). The summed E-state index contributed by atoms with van der Waals surface area (Å²) in [6, 6.07) is 16.9. The van der Waals surface area contributed by atoms with E-state index in [1.165, 1.54) is 50.5 Å². The van der Waals surface area contributed by atoms with Crippen molar-refractivity contribution in [1.29, 1.82) is 0 Å². The van der Waals surface area contributed by atoms with Crippen LogP contribution in [-0.4, -0.2) is 6.04 Å². The van der Waals surface area contributed by atoms with Crippen LogP contribution in [0.5, 0.6) is 5.75 Å². The number of benzene rings is 2. The van der Waals surface area contributed by atoms with Crippen molar-refractivity contribution in [2.24, 2.45) is 0 Å². The van der Waals surface area contributed by atoms with Gasteiger partial charge in [0.05, 0.1) is 0 Å². The summed E-state index contributed by atoms with van der Waals surface area (Å²) in [6.45, 7) is 1.49. The minimum Gasteiger partial charge on any atom is -0.489 e. The molecule has 0 saturated heterocycles. The van der Waals surface area contributed by atoms with Crippen LogP contribution in [0.4, 0.5) is 0 Å². The topological polar surface area (TPSA) is 21.3 Å². The Labute approximate surface area is 168 Å². The number of halogens is 2. The van der Waals surface area contributed by atoms with Gasteiger partial charge in [-0.05, 0) is 48.2 Å². The second-order valence-corrected chi connectivity index (χ2v) is 7.42. The maximum absolute atomic E-state index is 5.93. The molecule has 1 aliphatic rings. The van der Waals surface area contributed by atoms with Gasteiger partial charge < -0.3 is 10.1 Å². The van der Waals surface area contributed by atoms with Crippen LogP contribution in [-0.2, 0) is 13.2 Å². The quantitative estimate of drug-likeness (QED) is 0.600. The first-order chi connectivity index (χ1) is 12.3. The molecule has 142 valence electrons. The van der Waals surface area contributed by atoms with Gasteiger partial charge in [0.25, 0.3) is 0 Å². The van der Waals surface area contributed by atoms with E-state index >= 15 is 0 Å². The predicted molar refractivity (Wildman–Crippen MR) is 112 cm³/mol. The third-order valence-electron chi connectivity index (χ3n) is 4.92. The third-order valence-corrected chi connectivity index (χ3v) is 5.17. The standard InChI is InChI=1S/C22H28ClNO.ClH/c23-20-13-11-18(12-14-20)17-25-22-10-6-7-19(15-22)16-24-21-8-4-2-1-3-5-9-21;/h6-7,10-15,21,24H,1-5,8-9,16-17H2;1H. The van der Waals surface area contributed by atoms with Crippen molar-refractivity contribution in [2.75, 3.05) is 0 Å². The van der Waals surface area contributed by atoms with Crippen LogP contribution in [0.25, 0.3) is 0 Å². The second kappa shape index (κ2) is 11.5. The second-order valence-electron chi connectivity index (χ2n) is 6.99. The molecule has 0 spiro atoms. The van der Waals surface area contributed by atoms with Gasteiger partial charge in [0.1, 0.15) is 12.4 Å². The highest BCUT2D eigenvalue weighted by molar-refractivity contribution is 6.30. The predicted octanol–water partition coefficient (Wildman–Crippen LogP) is 6.54. The number of ether oxygens (including phenoxy) is 1. The fourth-order valence-electron chi connectivity index (χ4n) is 3.41. The molecule has 0 atom stereocenters. The lowest BCUT2D eigenvalue weighted by atomic mass is 9.96. The van der Waals surface area contributed by atoms with Crippen LogP contribution in [0.1, 0.15) is 56.1 Å². The fraction of sp³-hybridized carbons (Fsp3) is 0.455. The summed E-state index contributed by atoms with van der Waals surface area (Å²) in [5.41, 5.74) is 2.41. The van der Waals surface area contributed by atoms with E-state index < -0.39 is 0 Å². The van der Waals surface area contributed by atoms with E-state index in [0.29, 0.717) is 12.6 Å². The van der Waals surface area contributed by atoms with E-state index in [9.17, 15) is 0 Å². The molecule has 0 radical (unpaired) electrons. The van der Waals surface area contributed by atoms with Crippen molar-refractivity contribution in [3.05, 3.63) is 64.7 Å². The van der Waals surface area contributed by atoms with Crippen LogP contribution in [0.3, 0.4) is 0 Å². The maximum atomic E-state index is 5.93. The molecule has 26 heavy (non-hydrogen) atoms. The summed E-state index contributed by atoms with van der Waals surface area (Å²) in [5.74, 6) is 0.923. The van der Waals surface area contributed by atoms with Gasteiger partial charge >= 0.3 is 0 Å². The molecule has 1 aliphatic carbocycles. The van der Waals surface area contributed by atoms with Crippen LogP contribution < -0.4 is 10.1 Å². The normalized spacial score (nSPS) is 15.6. The molecule has 2 aromatic carbocycles. The molecule has 0 heterocycles. The summed E-state index contributed by atoms with van der Waals surface area (Å²) in [4.78, 5) is 0. The van der Waals surface area contributed by atoms with E-state index in [2.05, 4.69) is 23.5 Å². The van der Waals surface area contributed by atoms with Crippen molar-refractivity contribution in [3.63, 3.8) is 0 Å². The molecular weight excluding hydrogens is 365 g/mol. The Bertz CT molecular complexity index is 637. The highest BCUT2D eigenvalue weighted by Gasteiger charge is 2.10. The molecule has 2 nitrogen and oxygen atoms in total. The van der Waals surface area contributed by atoms with E-state index in [1.54, 1.807) is 0 Å². The van der Waals surface area contributed by atoms with Crippen molar-refractivity contribution in [3.8, 4) is 5.75 Å². The Kier molecular flexibility index (Phi) is 9.31. The van der Waals surface area contributed by atoms with E-state index in [0.717, 1.165) is 22.9 Å². The monoisotopic (exact) mass is 393 g/mol. The fourth-order valence-corrected chi connectivity index (χ4v) is 3.54. The van der Waals surface area contributed by atoms with Gasteiger partial charge in [0.15, 0.2) is 0 Å². The first kappa shape index (κ1) is 21.1.